The molecule has 0 aromatic heterocycles. The van der Waals surface area contributed by atoms with Crippen LogP contribution in [-0.4, -0.2) is 0 Å². The maximum atomic E-state index is 3.70. The number of halogens is 2. The van der Waals surface area contributed by atoms with Crippen LogP contribution >= 0.6 is 31.9 Å². The molecular formula is C48H51Br2N. The van der Waals surface area contributed by atoms with Crippen LogP contribution in [0.1, 0.15) is 107 Å². The average molecular weight is 802 g/mol. The number of aryl methyl sites for hydroxylation is 1. The maximum Gasteiger partial charge on any atom is 0.0546 e. The number of rotatable bonds is 9. The fourth-order valence-electron chi connectivity index (χ4n) is 8.92. The zero-order valence-corrected chi connectivity index (χ0v) is 34.2. The Morgan fingerprint density at radius 3 is 1.98 bits per heavy atom. The zero-order valence-electron chi connectivity index (χ0n) is 31.0. The highest BCUT2D eigenvalue weighted by molar-refractivity contribution is 9.10. The smallest absolute Gasteiger partial charge is 0.0546 e. The highest BCUT2D eigenvalue weighted by atomic mass is 79.9. The highest BCUT2D eigenvalue weighted by Crippen LogP contribution is 2.48. The summed E-state index contributed by atoms with van der Waals surface area (Å²) >= 11 is 7.39. The first-order valence-electron chi connectivity index (χ1n) is 19.0. The minimum absolute atomic E-state index is 0.459. The van der Waals surface area contributed by atoms with Gasteiger partial charge in [0.2, 0.25) is 0 Å². The van der Waals surface area contributed by atoms with Crippen LogP contribution in [0.4, 0.5) is 17.1 Å². The van der Waals surface area contributed by atoms with Crippen molar-refractivity contribution in [1.29, 1.82) is 0 Å². The zero-order chi connectivity index (χ0) is 35.8. The van der Waals surface area contributed by atoms with E-state index < -0.39 is 0 Å². The van der Waals surface area contributed by atoms with Gasteiger partial charge in [-0.3, -0.25) is 0 Å². The summed E-state index contributed by atoms with van der Waals surface area (Å²) in [6.07, 6.45) is 8.65. The molecule has 0 N–H and O–H groups in total. The summed E-state index contributed by atoms with van der Waals surface area (Å²) in [5.74, 6) is 2.99. The molecule has 0 amide bonds. The summed E-state index contributed by atoms with van der Waals surface area (Å²) in [5, 5.41) is 0. The minimum atomic E-state index is 0.459. The number of benzene rings is 5. The van der Waals surface area contributed by atoms with Crippen molar-refractivity contribution in [2.24, 2.45) is 11.8 Å². The molecule has 4 unspecified atom stereocenters. The first-order valence-corrected chi connectivity index (χ1v) is 20.6. The van der Waals surface area contributed by atoms with E-state index >= 15 is 0 Å². The third kappa shape index (κ3) is 7.72. The number of anilines is 3. The van der Waals surface area contributed by atoms with Gasteiger partial charge in [-0.15, -0.1) is 0 Å². The molecule has 1 fully saturated rings. The van der Waals surface area contributed by atoms with Gasteiger partial charge >= 0.3 is 0 Å². The number of fused-ring (bicyclic) bond motifs is 4. The van der Waals surface area contributed by atoms with Crippen molar-refractivity contribution in [3.63, 3.8) is 0 Å². The monoisotopic (exact) mass is 799 g/mol. The largest absolute Gasteiger partial charge is 0.310 e. The molecule has 0 saturated heterocycles. The quantitative estimate of drug-likeness (QED) is 0.134. The van der Waals surface area contributed by atoms with Crippen molar-refractivity contribution >= 4 is 48.9 Å². The standard InChI is InChI=1S/C48H51Br2N/c1-7-35(22-30(2)3)46-28-38(9-8-32(46)5)45-21-11-37(36-10-20-44-33(6)25-34-23-31(4)24-39(26-34)47(44)27-36)29-48(45)51(42-16-12-40(49)13-17-42)43-18-14-41(50)15-19-43/h8-21,25,27-31,33,35,39H,7,22-24,26H2,1-6H3. The molecule has 1 nitrogen and oxygen atoms in total. The molecule has 5 aromatic carbocycles. The Morgan fingerprint density at radius 2 is 1.33 bits per heavy atom. The van der Waals surface area contributed by atoms with Gasteiger partial charge in [-0.1, -0.05) is 127 Å². The molecule has 0 radical (unpaired) electrons. The van der Waals surface area contributed by atoms with Gasteiger partial charge < -0.3 is 4.90 Å². The van der Waals surface area contributed by atoms with Gasteiger partial charge in [-0.05, 0) is 162 Å². The Labute approximate surface area is 323 Å². The van der Waals surface area contributed by atoms with E-state index in [2.05, 4.69) is 188 Å². The van der Waals surface area contributed by atoms with E-state index in [1.54, 1.807) is 11.1 Å². The number of nitrogens with zero attached hydrogens (tertiary/aromatic N) is 1. The van der Waals surface area contributed by atoms with Crippen molar-refractivity contribution < 1.29 is 0 Å². The van der Waals surface area contributed by atoms with Crippen LogP contribution in [0.25, 0.3) is 22.3 Å². The molecule has 51 heavy (non-hydrogen) atoms. The van der Waals surface area contributed by atoms with Crippen LogP contribution < -0.4 is 4.90 Å². The van der Waals surface area contributed by atoms with Crippen LogP contribution in [0.3, 0.4) is 0 Å². The molecule has 3 heteroatoms. The lowest BCUT2D eigenvalue weighted by atomic mass is 9.76. The molecule has 7 rings (SSSR count). The number of allylic oxidation sites excluding steroid dienone is 2. The topological polar surface area (TPSA) is 3.24 Å². The second-order valence-corrected chi connectivity index (χ2v) is 17.6. The number of hydrogen-bond acceptors (Lipinski definition) is 1. The van der Waals surface area contributed by atoms with Crippen LogP contribution in [0.15, 0.2) is 124 Å². The van der Waals surface area contributed by atoms with Crippen LogP contribution in [0, 0.1) is 18.8 Å². The molecule has 262 valence electrons. The molecular weight excluding hydrogens is 750 g/mol. The van der Waals surface area contributed by atoms with Gasteiger partial charge in [0, 0.05) is 25.9 Å². The Balaban J connectivity index is 1.43. The molecule has 5 aromatic rings. The SMILES string of the molecule is CCC(CC(C)C)c1cc(-c2ccc(-c3ccc4c(c3)C3CC(=CC4C)CC(C)C3)cc2N(c2ccc(Br)cc2)c2ccc(Br)cc2)ccc1C. The predicted octanol–water partition coefficient (Wildman–Crippen LogP) is 15.8. The van der Waals surface area contributed by atoms with Gasteiger partial charge in [0.25, 0.3) is 0 Å². The van der Waals surface area contributed by atoms with Gasteiger partial charge in [-0.25, -0.2) is 0 Å². The fourth-order valence-corrected chi connectivity index (χ4v) is 9.45. The summed E-state index contributed by atoms with van der Waals surface area (Å²) in [6, 6.07) is 39.2. The van der Waals surface area contributed by atoms with Crippen molar-refractivity contribution in [3.8, 4) is 22.3 Å². The Kier molecular flexibility index (Phi) is 10.8. The van der Waals surface area contributed by atoms with Gasteiger partial charge in [-0.2, -0.15) is 0 Å². The lowest BCUT2D eigenvalue weighted by Crippen LogP contribution is -2.13. The number of hydrogen-bond donors (Lipinski definition) is 0. The second kappa shape index (κ2) is 15.3. The third-order valence-electron chi connectivity index (χ3n) is 11.3. The molecule has 2 bridgehead atoms. The van der Waals surface area contributed by atoms with Gasteiger partial charge in [0.1, 0.15) is 0 Å². The van der Waals surface area contributed by atoms with Crippen LogP contribution in [0.2, 0.25) is 0 Å². The van der Waals surface area contributed by atoms with E-state index in [0.29, 0.717) is 23.7 Å². The summed E-state index contributed by atoms with van der Waals surface area (Å²) in [6.45, 7) is 14.1. The molecule has 0 aliphatic heterocycles. The summed E-state index contributed by atoms with van der Waals surface area (Å²) < 4.78 is 2.15. The van der Waals surface area contributed by atoms with Gasteiger partial charge in [0.15, 0.2) is 0 Å². The molecule has 4 atom stereocenters. The van der Waals surface area contributed by atoms with Crippen molar-refractivity contribution in [2.45, 2.75) is 91.4 Å². The normalized spacial score (nSPS) is 18.9. The van der Waals surface area contributed by atoms with E-state index in [9.17, 15) is 0 Å². The first kappa shape index (κ1) is 36.0. The molecule has 0 heterocycles. The summed E-state index contributed by atoms with van der Waals surface area (Å²) in [7, 11) is 0. The van der Waals surface area contributed by atoms with Crippen LogP contribution in [0.5, 0.6) is 0 Å². The first-order chi connectivity index (χ1) is 24.6. The van der Waals surface area contributed by atoms with E-state index in [4.69, 9.17) is 0 Å². The maximum absolute atomic E-state index is 3.70. The van der Waals surface area contributed by atoms with Crippen molar-refractivity contribution in [2.75, 3.05) is 4.90 Å². The lowest BCUT2D eigenvalue weighted by molar-refractivity contribution is 0.408. The summed E-state index contributed by atoms with van der Waals surface area (Å²) in [4.78, 5) is 2.44. The van der Waals surface area contributed by atoms with E-state index in [0.717, 1.165) is 32.7 Å². The Morgan fingerprint density at radius 1 is 0.706 bits per heavy atom. The lowest BCUT2D eigenvalue weighted by Gasteiger charge is -2.30. The molecule has 2 aliphatic carbocycles. The average Bonchev–Trinajstić information content (AvgIpc) is 3.21. The molecule has 0 spiro atoms. The second-order valence-electron chi connectivity index (χ2n) is 15.7. The summed E-state index contributed by atoms with van der Waals surface area (Å²) in [5.41, 5.74) is 16.1. The minimum Gasteiger partial charge on any atom is -0.310 e. The Bertz CT molecular complexity index is 1990. The third-order valence-corrected chi connectivity index (χ3v) is 12.4. The van der Waals surface area contributed by atoms with Crippen LogP contribution in [-0.2, 0) is 0 Å². The predicted molar refractivity (Wildman–Crippen MR) is 227 cm³/mol. The van der Waals surface area contributed by atoms with Gasteiger partial charge in [0.05, 0.1) is 5.69 Å². The van der Waals surface area contributed by atoms with E-state index in [1.165, 1.54) is 70.3 Å². The van der Waals surface area contributed by atoms with Crippen molar-refractivity contribution in [3.05, 3.63) is 146 Å². The van der Waals surface area contributed by atoms with E-state index in [1.807, 2.05) is 0 Å². The fraction of sp³-hybridized carbons (Fsp3) is 0.333. The molecule has 2 aliphatic rings. The Hall–Kier alpha value is -3.40. The highest BCUT2D eigenvalue weighted by Gasteiger charge is 2.30. The van der Waals surface area contributed by atoms with Crippen molar-refractivity contribution in [1.82, 2.24) is 0 Å². The molecule has 1 saturated carbocycles. The van der Waals surface area contributed by atoms with E-state index in [-0.39, 0.29) is 0 Å².